The Bertz CT molecular complexity index is 286. The minimum atomic E-state index is -0.610. The molecule has 0 amide bonds. The normalized spacial score (nSPS) is 11.1. The second-order valence-electron chi connectivity index (χ2n) is 2.56. The quantitative estimate of drug-likeness (QED) is 0.684. The van der Waals surface area contributed by atoms with Crippen LogP contribution in [0.25, 0.3) is 0 Å². The van der Waals surface area contributed by atoms with E-state index in [4.69, 9.17) is 16.6 Å². The summed E-state index contributed by atoms with van der Waals surface area (Å²) >= 11 is 0. The molecule has 6 heteroatoms. The first-order valence-corrected chi connectivity index (χ1v) is 3.56. The third kappa shape index (κ3) is 3.67. The molecule has 1 rings (SSSR count). The van der Waals surface area contributed by atoms with E-state index in [-0.39, 0.29) is 31.4 Å². The molecule has 0 bridgehead atoms. The summed E-state index contributed by atoms with van der Waals surface area (Å²) in [5, 5.41) is 8.70. The maximum absolute atomic E-state index is 12.7. The smallest absolute Gasteiger partial charge is 0.123 e. The second kappa shape index (κ2) is 6.84. The summed E-state index contributed by atoms with van der Waals surface area (Å²) < 4.78 is 12.7. The maximum Gasteiger partial charge on any atom is 0.123 e. The van der Waals surface area contributed by atoms with Crippen molar-refractivity contribution in [2.75, 3.05) is 12.3 Å². The highest BCUT2D eigenvalue weighted by Gasteiger charge is 2.08. The first-order valence-electron chi connectivity index (χ1n) is 3.56. The average Bonchev–Trinajstić information content (AvgIpc) is 2.08. The standard InChI is InChI=1S/C8H11FN2O.2ClH/c9-5-1-2-7(10)6(3-5)8(11)4-12;;/h1-3,8,12H,4,10-11H2;2*1H/t8-;;/m0../s1. The fourth-order valence-corrected chi connectivity index (χ4v) is 0.965. The fraction of sp³-hybridized carbons (Fsp3) is 0.250. The van der Waals surface area contributed by atoms with Crippen LogP contribution in [0.5, 0.6) is 0 Å². The molecule has 0 aliphatic carbocycles. The van der Waals surface area contributed by atoms with Gasteiger partial charge in [-0.3, -0.25) is 0 Å². The molecular weight excluding hydrogens is 230 g/mol. The molecule has 82 valence electrons. The van der Waals surface area contributed by atoms with Crippen LogP contribution < -0.4 is 11.5 Å². The van der Waals surface area contributed by atoms with Gasteiger partial charge in [-0.2, -0.15) is 0 Å². The fourth-order valence-electron chi connectivity index (χ4n) is 0.965. The van der Waals surface area contributed by atoms with Crippen molar-refractivity contribution >= 4 is 30.5 Å². The number of hydrogen-bond acceptors (Lipinski definition) is 3. The lowest BCUT2D eigenvalue weighted by atomic mass is 10.1. The molecule has 0 fully saturated rings. The monoisotopic (exact) mass is 242 g/mol. The predicted molar refractivity (Wildman–Crippen MR) is 59.3 cm³/mol. The Balaban J connectivity index is 0. The van der Waals surface area contributed by atoms with Crippen LogP contribution in [-0.2, 0) is 0 Å². The Hall–Kier alpha value is -0.550. The lowest BCUT2D eigenvalue weighted by Gasteiger charge is -2.10. The van der Waals surface area contributed by atoms with Crippen molar-refractivity contribution in [3.63, 3.8) is 0 Å². The average molecular weight is 243 g/mol. The van der Waals surface area contributed by atoms with Crippen LogP contribution in [0.1, 0.15) is 11.6 Å². The molecule has 0 radical (unpaired) electrons. The van der Waals surface area contributed by atoms with E-state index < -0.39 is 11.9 Å². The van der Waals surface area contributed by atoms with Crippen LogP contribution in [-0.4, -0.2) is 11.7 Å². The van der Waals surface area contributed by atoms with E-state index in [1.165, 1.54) is 18.2 Å². The van der Waals surface area contributed by atoms with E-state index in [1.54, 1.807) is 0 Å². The molecule has 0 heterocycles. The molecule has 0 saturated carbocycles. The van der Waals surface area contributed by atoms with E-state index in [0.29, 0.717) is 11.3 Å². The van der Waals surface area contributed by atoms with Crippen LogP contribution >= 0.6 is 24.8 Å². The Morgan fingerprint density at radius 1 is 1.36 bits per heavy atom. The van der Waals surface area contributed by atoms with Gasteiger partial charge < -0.3 is 16.6 Å². The van der Waals surface area contributed by atoms with Gasteiger partial charge in [-0.15, -0.1) is 24.8 Å². The van der Waals surface area contributed by atoms with Crippen molar-refractivity contribution in [3.05, 3.63) is 29.6 Å². The van der Waals surface area contributed by atoms with Gasteiger partial charge in [-0.05, 0) is 23.8 Å². The minimum absolute atomic E-state index is 0. The first-order chi connectivity index (χ1) is 5.65. The summed E-state index contributed by atoms with van der Waals surface area (Å²) in [4.78, 5) is 0. The summed E-state index contributed by atoms with van der Waals surface area (Å²) in [5.41, 5.74) is 11.8. The van der Waals surface area contributed by atoms with Gasteiger partial charge in [0, 0.05) is 5.69 Å². The zero-order valence-electron chi connectivity index (χ0n) is 7.31. The number of aliphatic hydroxyl groups is 1. The number of nitrogen functional groups attached to an aromatic ring is 1. The molecule has 0 unspecified atom stereocenters. The lowest BCUT2D eigenvalue weighted by Crippen LogP contribution is -2.16. The summed E-state index contributed by atoms with van der Waals surface area (Å²) in [6, 6.07) is 3.31. The van der Waals surface area contributed by atoms with Crippen molar-refractivity contribution in [2.45, 2.75) is 6.04 Å². The van der Waals surface area contributed by atoms with Crippen LogP contribution in [0, 0.1) is 5.82 Å². The van der Waals surface area contributed by atoms with E-state index in [0.717, 1.165) is 0 Å². The lowest BCUT2D eigenvalue weighted by molar-refractivity contribution is 0.268. The Kier molecular flexibility index (Phi) is 7.77. The highest BCUT2D eigenvalue weighted by Crippen LogP contribution is 2.18. The van der Waals surface area contributed by atoms with Gasteiger partial charge in [-0.1, -0.05) is 0 Å². The van der Waals surface area contributed by atoms with Gasteiger partial charge in [0.05, 0.1) is 12.6 Å². The molecule has 1 aromatic rings. The van der Waals surface area contributed by atoms with Crippen molar-refractivity contribution in [1.29, 1.82) is 0 Å². The highest BCUT2D eigenvalue weighted by molar-refractivity contribution is 5.85. The Morgan fingerprint density at radius 2 is 1.93 bits per heavy atom. The van der Waals surface area contributed by atoms with E-state index >= 15 is 0 Å². The number of aliphatic hydroxyl groups excluding tert-OH is 1. The molecule has 1 atom stereocenters. The largest absolute Gasteiger partial charge is 0.398 e. The maximum atomic E-state index is 12.7. The molecule has 0 spiro atoms. The van der Waals surface area contributed by atoms with Crippen molar-refractivity contribution in [3.8, 4) is 0 Å². The molecule has 5 N–H and O–H groups in total. The molecule has 0 aromatic heterocycles. The van der Waals surface area contributed by atoms with Crippen molar-refractivity contribution in [1.82, 2.24) is 0 Å². The van der Waals surface area contributed by atoms with Crippen LogP contribution in [0.15, 0.2) is 18.2 Å². The summed E-state index contributed by atoms with van der Waals surface area (Å²) in [6.45, 7) is -0.242. The van der Waals surface area contributed by atoms with Gasteiger partial charge in [0.2, 0.25) is 0 Å². The van der Waals surface area contributed by atoms with Crippen LogP contribution in [0.4, 0.5) is 10.1 Å². The summed E-state index contributed by atoms with van der Waals surface area (Å²) in [7, 11) is 0. The summed E-state index contributed by atoms with van der Waals surface area (Å²) in [6.07, 6.45) is 0. The zero-order valence-corrected chi connectivity index (χ0v) is 8.95. The van der Waals surface area contributed by atoms with E-state index in [1.807, 2.05) is 0 Å². The third-order valence-corrected chi connectivity index (χ3v) is 1.65. The van der Waals surface area contributed by atoms with Crippen molar-refractivity contribution in [2.24, 2.45) is 5.73 Å². The molecule has 14 heavy (non-hydrogen) atoms. The number of benzene rings is 1. The first kappa shape index (κ1) is 15.9. The second-order valence-corrected chi connectivity index (χ2v) is 2.56. The molecule has 0 aliphatic rings. The molecule has 1 aromatic carbocycles. The van der Waals surface area contributed by atoms with Gasteiger partial charge in [0.25, 0.3) is 0 Å². The van der Waals surface area contributed by atoms with Crippen molar-refractivity contribution < 1.29 is 9.50 Å². The van der Waals surface area contributed by atoms with E-state index in [9.17, 15) is 4.39 Å². The van der Waals surface area contributed by atoms with Gasteiger partial charge >= 0.3 is 0 Å². The topological polar surface area (TPSA) is 72.3 Å². The predicted octanol–water partition coefficient (Wildman–Crippen LogP) is 1.24. The molecular formula is C8H13Cl2FN2O. The van der Waals surface area contributed by atoms with Gasteiger partial charge in [0.15, 0.2) is 0 Å². The number of hydrogen-bond donors (Lipinski definition) is 3. The Labute approximate surface area is 94.1 Å². The molecule has 0 saturated heterocycles. The third-order valence-electron chi connectivity index (χ3n) is 1.65. The van der Waals surface area contributed by atoms with E-state index in [2.05, 4.69) is 0 Å². The SMILES string of the molecule is Cl.Cl.Nc1ccc(F)cc1[C@@H](N)CO. The highest BCUT2D eigenvalue weighted by atomic mass is 35.5. The van der Waals surface area contributed by atoms with Gasteiger partial charge in [0.1, 0.15) is 5.82 Å². The zero-order chi connectivity index (χ0) is 9.14. The Morgan fingerprint density at radius 3 is 2.43 bits per heavy atom. The number of halogens is 3. The summed E-state index contributed by atoms with van der Waals surface area (Å²) in [5.74, 6) is -0.400. The molecule has 0 aliphatic heterocycles. The minimum Gasteiger partial charge on any atom is -0.398 e. The number of rotatable bonds is 2. The number of nitrogens with two attached hydrogens (primary N) is 2. The van der Waals surface area contributed by atoms with Crippen LogP contribution in [0.2, 0.25) is 0 Å². The van der Waals surface area contributed by atoms with Gasteiger partial charge in [-0.25, -0.2) is 4.39 Å². The molecule has 3 nitrogen and oxygen atoms in total. The van der Waals surface area contributed by atoms with Crippen LogP contribution in [0.3, 0.4) is 0 Å². The number of anilines is 1.